The fourth-order valence-electron chi connectivity index (χ4n) is 7.54. The van der Waals surface area contributed by atoms with Crippen molar-refractivity contribution in [3.05, 3.63) is 188 Å². The van der Waals surface area contributed by atoms with Gasteiger partial charge in [0.2, 0.25) is 0 Å². The molecule has 10 aromatic rings. The van der Waals surface area contributed by atoms with Gasteiger partial charge in [0, 0.05) is 33.4 Å². The first kappa shape index (κ1) is 28.4. The number of hydrogen-bond acceptors (Lipinski definition) is 2. The fourth-order valence-corrected chi connectivity index (χ4v) is 7.54. The SMILES string of the molecule is c1cc(-c2cccc3c2oc2ccccc23)cc(N(c2ccc(-c3ccc4ccccc4c3)cc2)c2ccc3ccc4ccccc4c3c2)c1. The van der Waals surface area contributed by atoms with E-state index in [1.165, 1.54) is 43.4 Å². The minimum atomic E-state index is 0.905. The zero-order valence-corrected chi connectivity index (χ0v) is 27.3. The van der Waals surface area contributed by atoms with Gasteiger partial charge in [-0.15, -0.1) is 0 Å². The van der Waals surface area contributed by atoms with Crippen molar-refractivity contribution in [2.75, 3.05) is 4.90 Å². The number of anilines is 3. The Morgan fingerprint density at radius 1 is 0.320 bits per heavy atom. The summed E-state index contributed by atoms with van der Waals surface area (Å²) in [6.45, 7) is 0. The van der Waals surface area contributed by atoms with Crippen LogP contribution < -0.4 is 4.90 Å². The molecule has 50 heavy (non-hydrogen) atoms. The van der Waals surface area contributed by atoms with Crippen molar-refractivity contribution >= 4 is 71.3 Å². The van der Waals surface area contributed by atoms with Crippen molar-refractivity contribution in [1.29, 1.82) is 0 Å². The quantitative estimate of drug-likeness (QED) is 0.175. The molecule has 0 aliphatic rings. The van der Waals surface area contributed by atoms with Crippen molar-refractivity contribution in [1.82, 2.24) is 0 Å². The van der Waals surface area contributed by atoms with E-state index in [4.69, 9.17) is 4.42 Å². The van der Waals surface area contributed by atoms with Crippen LogP contribution >= 0.6 is 0 Å². The van der Waals surface area contributed by atoms with Gasteiger partial charge in [-0.2, -0.15) is 0 Å². The van der Waals surface area contributed by atoms with E-state index in [1.807, 2.05) is 12.1 Å². The van der Waals surface area contributed by atoms with Crippen LogP contribution in [-0.4, -0.2) is 0 Å². The molecule has 0 radical (unpaired) electrons. The largest absolute Gasteiger partial charge is 0.455 e. The molecule has 10 rings (SSSR count). The van der Waals surface area contributed by atoms with E-state index in [1.54, 1.807) is 0 Å². The predicted molar refractivity (Wildman–Crippen MR) is 212 cm³/mol. The highest BCUT2D eigenvalue weighted by molar-refractivity contribution is 6.10. The number of hydrogen-bond donors (Lipinski definition) is 0. The Hall–Kier alpha value is -6.64. The van der Waals surface area contributed by atoms with E-state index >= 15 is 0 Å². The minimum absolute atomic E-state index is 0.905. The van der Waals surface area contributed by atoms with E-state index < -0.39 is 0 Å². The van der Waals surface area contributed by atoms with Gasteiger partial charge >= 0.3 is 0 Å². The number of para-hydroxylation sites is 2. The highest BCUT2D eigenvalue weighted by Crippen LogP contribution is 2.42. The van der Waals surface area contributed by atoms with Crippen LogP contribution in [0.25, 0.3) is 76.5 Å². The van der Waals surface area contributed by atoms with Gasteiger partial charge in [-0.25, -0.2) is 0 Å². The minimum Gasteiger partial charge on any atom is -0.455 e. The Bertz CT molecular complexity index is 2880. The lowest BCUT2D eigenvalue weighted by atomic mass is 9.99. The van der Waals surface area contributed by atoms with Gasteiger partial charge in [0.05, 0.1) is 0 Å². The molecule has 1 heterocycles. The van der Waals surface area contributed by atoms with Crippen LogP contribution in [-0.2, 0) is 0 Å². The molecule has 0 aliphatic carbocycles. The summed E-state index contributed by atoms with van der Waals surface area (Å²) in [5, 5.41) is 9.72. The summed E-state index contributed by atoms with van der Waals surface area (Å²) in [6.07, 6.45) is 0. The van der Waals surface area contributed by atoms with Gasteiger partial charge in [-0.3, -0.25) is 0 Å². The Morgan fingerprint density at radius 3 is 1.82 bits per heavy atom. The maximum absolute atomic E-state index is 6.47. The van der Waals surface area contributed by atoms with E-state index in [0.29, 0.717) is 0 Å². The maximum Gasteiger partial charge on any atom is 0.143 e. The molecule has 0 N–H and O–H groups in total. The Balaban J connectivity index is 1.14. The van der Waals surface area contributed by atoms with Crippen LogP contribution in [0.15, 0.2) is 192 Å². The number of nitrogens with zero attached hydrogens (tertiary/aromatic N) is 1. The van der Waals surface area contributed by atoms with E-state index in [9.17, 15) is 0 Å². The molecule has 0 spiro atoms. The Kier molecular flexibility index (Phi) is 6.53. The number of rotatable bonds is 5. The molecule has 0 fully saturated rings. The van der Waals surface area contributed by atoms with Crippen molar-refractivity contribution in [3.63, 3.8) is 0 Å². The molecule has 0 aliphatic heterocycles. The maximum atomic E-state index is 6.47. The molecule has 9 aromatic carbocycles. The third kappa shape index (κ3) is 4.73. The zero-order chi connectivity index (χ0) is 33.0. The average Bonchev–Trinajstić information content (AvgIpc) is 3.57. The predicted octanol–water partition coefficient (Wildman–Crippen LogP) is 13.8. The molecule has 0 bridgehead atoms. The first-order valence-electron chi connectivity index (χ1n) is 17.1. The van der Waals surface area contributed by atoms with Crippen LogP contribution in [0.3, 0.4) is 0 Å². The second-order valence-corrected chi connectivity index (χ2v) is 13.0. The molecule has 1 aromatic heterocycles. The third-order valence-corrected chi connectivity index (χ3v) is 10.0. The molecule has 0 saturated carbocycles. The van der Waals surface area contributed by atoms with Gasteiger partial charge < -0.3 is 9.32 Å². The summed E-state index contributed by atoms with van der Waals surface area (Å²) in [6, 6.07) is 67.6. The van der Waals surface area contributed by atoms with Crippen molar-refractivity contribution in [2.24, 2.45) is 0 Å². The monoisotopic (exact) mass is 637 g/mol. The van der Waals surface area contributed by atoms with Crippen molar-refractivity contribution < 1.29 is 4.42 Å². The summed E-state index contributed by atoms with van der Waals surface area (Å²) < 4.78 is 6.47. The Morgan fingerprint density at radius 2 is 0.940 bits per heavy atom. The highest BCUT2D eigenvalue weighted by atomic mass is 16.3. The van der Waals surface area contributed by atoms with Gasteiger partial charge in [-0.1, -0.05) is 140 Å². The topological polar surface area (TPSA) is 16.4 Å². The summed E-state index contributed by atoms with van der Waals surface area (Å²) in [5.41, 5.74) is 9.67. The lowest BCUT2D eigenvalue weighted by molar-refractivity contribution is 0.670. The van der Waals surface area contributed by atoms with Gasteiger partial charge in [0.25, 0.3) is 0 Å². The van der Waals surface area contributed by atoms with E-state index in [2.05, 4.69) is 181 Å². The van der Waals surface area contributed by atoms with Crippen LogP contribution in [0.2, 0.25) is 0 Å². The molecular weight excluding hydrogens is 607 g/mol. The number of fused-ring (bicyclic) bond motifs is 7. The zero-order valence-electron chi connectivity index (χ0n) is 27.3. The van der Waals surface area contributed by atoms with Crippen molar-refractivity contribution in [2.45, 2.75) is 0 Å². The third-order valence-electron chi connectivity index (χ3n) is 10.0. The first-order chi connectivity index (χ1) is 24.8. The molecule has 2 nitrogen and oxygen atoms in total. The second-order valence-electron chi connectivity index (χ2n) is 13.0. The Labute approximate surface area is 290 Å². The smallest absolute Gasteiger partial charge is 0.143 e. The van der Waals surface area contributed by atoms with Gasteiger partial charge in [0.15, 0.2) is 0 Å². The van der Waals surface area contributed by atoms with Crippen LogP contribution in [0.4, 0.5) is 17.1 Å². The van der Waals surface area contributed by atoms with E-state index in [0.717, 1.165) is 50.1 Å². The average molecular weight is 638 g/mol. The first-order valence-corrected chi connectivity index (χ1v) is 17.1. The standard InChI is InChI=1S/C48H31NO/c1-2-11-36-29-37(22-19-32(36)9-1)33-23-26-39(27-24-33)49(41-28-25-35-21-20-34-10-3-4-14-42(34)46(35)31-41)40-13-7-12-38(30-40)43-16-8-17-45-44-15-5-6-18-47(44)50-48(43)45/h1-31H. The number of furan rings is 1. The molecule has 0 saturated heterocycles. The lowest BCUT2D eigenvalue weighted by Crippen LogP contribution is -2.10. The van der Waals surface area contributed by atoms with Gasteiger partial charge in [0.1, 0.15) is 11.2 Å². The summed E-state index contributed by atoms with van der Waals surface area (Å²) in [4.78, 5) is 2.37. The highest BCUT2D eigenvalue weighted by Gasteiger charge is 2.17. The number of benzene rings is 9. The molecule has 2 heteroatoms. The molecule has 0 atom stereocenters. The normalized spacial score (nSPS) is 11.6. The van der Waals surface area contributed by atoms with Crippen LogP contribution in [0.1, 0.15) is 0 Å². The summed E-state index contributed by atoms with van der Waals surface area (Å²) in [7, 11) is 0. The lowest BCUT2D eigenvalue weighted by Gasteiger charge is -2.27. The van der Waals surface area contributed by atoms with Gasteiger partial charge in [-0.05, 0) is 97.5 Å². The summed E-state index contributed by atoms with van der Waals surface area (Å²) >= 11 is 0. The molecular formula is C48H31NO. The molecule has 234 valence electrons. The van der Waals surface area contributed by atoms with Crippen molar-refractivity contribution in [3.8, 4) is 22.3 Å². The van der Waals surface area contributed by atoms with Crippen LogP contribution in [0, 0.1) is 0 Å². The van der Waals surface area contributed by atoms with E-state index in [-0.39, 0.29) is 0 Å². The molecule has 0 amide bonds. The molecule has 0 unspecified atom stereocenters. The fraction of sp³-hybridized carbons (Fsp3) is 0. The summed E-state index contributed by atoms with van der Waals surface area (Å²) in [5.74, 6) is 0. The van der Waals surface area contributed by atoms with Crippen LogP contribution in [0.5, 0.6) is 0 Å². The second kappa shape index (κ2) is 11.5.